The van der Waals surface area contributed by atoms with Gasteiger partial charge in [0.2, 0.25) is 0 Å². The highest BCUT2D eigenvalue weighted by atomic mass is 19.4. The quantitative estimate of drug-likeness (QED) is 0.435. The molecule has 1 aliphatic rings. The molecule has 0 aromatic heterocycles. The minimum atomic E-state index is -5.03. The summed E-state index contributed by atoms with van der Waals surface area (Å²) in [5.74, 6) is 0. The summed E-state index contributed by atoms with van der Waals surface area (Å²) >= 11 is 0. The second kappa shape index (κ2) is 7.14. The van der Waals surface area contributed by atoms with Gasteiger partial charge >= 0.3 is 12.4 Å². The first kappa shape index (κ1) is 21.0. The van der Waals surface area contributed by atoms with Crippen LogP contribution in [0.2, 0.25) is 0 Å². The molecule has 0 unspecified atom stereocenters. The van der Waals surface area contributed by atoms with E-state index in [0.29, 0.717) is 18.6 Å². The summed E-state index contributed by atoms with van der Waals surface area (Å²) in [4.78, 5) is 24.0. The van der Waals surface area contributed by atoms with Crippen LogP contribution in [-0.2, 0) is 18.8 Å². The molecule has 0 aliphatic heterocycles. The van der Waals surface area contributed by atoms with Crippen LogP contribution in [0.5, 0.6) is 0 Å². The van der Waals surface area contributed by atoms with Crippen molar-refractivity contribution < 1.29 is 26.3 Å². The van der Waals surface area contributed by atoms with E-state index in [9.17, 15) is 35.9 Å². The first-order valence-electron chi connectivity index (χ1n) is 9.19. The number of hydrogen-bond donors (Lipinski definition) is 2. The predicted octanol–water partition coefficient (Wildman–Crippen LogP) is 5.16. The third kappa shape index (κ3) is 3.89. The lowest BCUT2D eigenvalue weighted by Gasteiger charge is -2.21. The maximum atomic E-state index is 13.1. The Morgan fingerprint density at radius 3 is 2.00 bits per heavy atom. The van der Waals surface area contributed by atoms with Crippen LogP contribution in [0.1, 0.15) is 34.7 Å². The predicted molar refractivity (Wildman–Crippen MR) is 102 cm³/mol. The van der Waals surface area contributed by atoms with E-state index in [4.69, 9.17) is 0 Å². The summed E-state index contributed by atoms with van der Waals surface area (Å²) in [6.45, 7) is 0. The summed E-state index contributed by atoms with van der Waals surface area (Å²) < 4.78 is 78.3. The van der Waals surface area contributed by atoms with Gasteiger partial charge < -0.3 is 10.6 Å². The maximum Gasteiger partial charge on any atom is 0.416 e. The molecule has 3 aromatic rings. The zero-order valence-electron chi connectivity index (χ0n) is 15.6. The van der Waals surface area contributed by atoms with Gasteiger partial charge in [-0.15, -0.1) is 0 Å². The lowest BCUT2D eigenvalue weighted by molar-refractivity contribution is -0.143. The number of alkyl halides is 6. The van der Waals surface area contributed by atoms with Gasteiger partial charge in [-0.1, -0.05) is 24.3 Å². The van der Waals surface area contributed by atoms with Crippen LogP contribution in [0.4, 0.5) is 43.4 Å². The van der Waals surface area contributed by atoms with Gasteiger partial charge in [-0.25, -0.2) is 0 Å². The molecule has 0 spiro atoms. The Morgan fingerprint density at radius 1 is 0.806 bits per heavy atom. The molecule has 2 N–H and O–H groups in total. The van der Waals surface area contributed by atoms with Crippen molar-refractivity contribution in [2.24, 2.45) is 0 Å². The van der Waals surface area contributed by atoms with E-state index in [0.717, 1.165) is 17.5 Å². The molecule has 4 rings (SSSR count). The van der Waals surface area contributed by atoms with Crippen molar-refractivity contribution in [3.63, 3.8) is 0 Å². The van der Waals surface area contributed by atoms with Crippen molar-refractivity contribution in [3.8, 4) is 0 Å². The van der Waals surface area contributed by atoms with E-state index in [1.807, 2.05) is 18.2 Å². The molecule has 0 fully saturated rings. The van der Waals surface area contributed by atoms with Crippen molar-refractivity contribution in [1.82, 2.24) is 0 Å². The summed E-state index contributed by atoms with van der Waals surface area (Å²) in [7, 11) is 0. The molecule has 3 aromatic carbocycles. The second-order valence-corrected chi connectivity index (χ2v) is 7.26. The van der Waals surface area contributed by atoms with E-state index >= 15 is 0 Å². The molecule has 31 heavy (non-hydrogen) atoms. The highest BCUT2D eigenvalue weighted by Crippen LogP contribution is 2.39. The van der Waals surface area contributed by atoms with Crippen molar-refractivity contribution in [1.29, 1.82) is 0 Å². The van der Waals surface area contributed by atoms with E-state index < -0.39 is 40.0 Å². The van der Waals surface area contributed by atoms with Crippen molar-refractivity contribution >= 4 is 17.1 Å². The van der Waals surface area contributed by atoms with E-state index in [1.165, 1.54) is 0 Å². The van der Waals surface area contributed by atoms with Gasteiger partial charge in [-0.05, 0) is 42.2 Å². The summed E-state index contributed by atoms with van der Waals surface area (Å²) in [5, 5.41) is 5.19. The van der Waals surface area contributed by atoms with Gasteiger partial charge in [-0.2, -0.15) is 26.3 Å². The van der Waals surface area contributed by atoms with Gasteiger partial charge in [0.25, 0.3) is 10.9 Å². The molecule has 0 bridgehead atoms. The van der Waals surface area contributed by atoms with Crippen LogP contribution in [0.25, 0.3) is 0 Å². The molecule has 0 amide bonds. The number of aryl methyl sites for hydroxylation is 1. The molecule has 1 aliphatic carbocycles. The van der Waals surface area contributed by atoms with Crippen LogP contribution in [-0.4, -0.2) is 0 Å². The minimum Gasteiger partial charge on any atom is -0.373 e. The highest BCUT2D eigenvalue weighted by molar-refractivity contribution is 5.79. The molecule has 10 heteroatoms. The fourth-order valence-electron chi connectivity index (χ4n) is 3.70. The Kier molecular flexibility index (Phi) is 4.83. The monoisotopic (exact) mass is 440 g/mol. The summed E-state index contributed by atoms with van der Waals surface area (Å²) in [5.41, 5.74) is -4.08. The molecule has 0 saturated carbocycles. The Balaban J connectivity index is 1.67. The first-order chi connectivity index (χ1) is 14.4. The van der Waals surface area contributed by atoms with Gasteiger partial charge in [0.15, 0.2) is 0 Å². The summed E-state index contributed by atoms with van der Waals surface area (Å²) in [6, 6.07) is 8.04. The largest absolute Gasteiger partial charge is 0.416 e. The van der Waals surface area contributed by atoms with E-state index in [-0.39, 0.29) is 23.5 Å². The fourth-order valence-corrected chi connectivity index (χ4v) is 3.70. The fraction of sp³-hybridized carbons (Fsp3) is 0.238. The molecule has 0 radical (unpaired) electrons. The average molecular weight is 440 g/mol. The number of anilines is 3. The SMILES string of the molecule is O=c1c(Nc2cc(C(F)(F)F)cc(C(F)(F)F)c2)c(N[C@@H]2CCc3ccccc32)c1=O. The Hall–Kier alpha value is -3.30. The van der Waals surface area contributed by atoms with E-state index in [1.54, 1.807) is 6.07 Å². The Labute approximate surface area is 171 Å². The molecule has 0 heterocycles. The zero-order chi connectivity index (χ0) is 22.6. The molecule has 1 atom stereocenters. The molecule has 162 valence electrons. The lowest BCUT2D eigenvalue weighted by Crippen LogP contribution is -2.37. The number of fused-ring (bicyclic) bond motifs is 1. The average Bonchev–Trinajstić information content (AvgIpc) is 3.12. The smallest absolute Gasteiger partial charge is 0.373 e. The van der Waals surface area contributed by atoms with E-state index in [2.05, 4.69) is 10.6 Å². The number of rotatable bonds is 4. The number of benzene rings is 2. The molecule has 0 saturated heterocycles. The molecular formula is C21H14F6N2O2. The number of halogens is 6. The van der Waals surface area contributed by atoms with Crippen molar-refractivity contribution in [3.05, 3.63) is 85.2 Å². The topological polar surface area (TPSA) is 58.2 Å². The van der Waals surface area contributed by atoms with Gasteiger partial charge in [0, 0.05) is 5.69 Å². The third-order valence-corrected chi connectivity index (χ3v) is 5.22. The molecule has 4 nitrogen and oxygen atoms in total. The normalized spacial score (nSPS) is 16.4. The minimum absolute atomic E-state index is 0.0120. The van der Waals surface area contributed by atoms with Crippen molar-refractivity contribution in [2.75, 3.05) is 10.6 Å². The lowest BCUT2D eigenvalue weighted by atomic mass is 10.1. The number of nitrogens with one attached hydrogen (secondary N) is 2. The standard InChI is InChI=1S/C21H14F6N2O2/c22-20(23,24)11-7-12(21(25,26)27)9-13(8-11)28-16-17(19(31)18(16)30)29-15-6-5-10-3-1-2-4-14(10)15/h1-4,7-9,15,28-29H,5-6H2/t15-/m1/s1. The van der Waals surface area contributed by atoms with Crippen LogP contribution in [0, 0.1) is 0 Å². The highest BCUT2D eigenvalue weighted by Gasteiger charge is 2.37. The van der Waals surface area contributed by atoms with Crippen LogP contribution in [0.3, 0.4) is 0 Å². The van der Waals surface area contributed by atoms with Crippen LogP contribution < -0.4 is 21.5 Å². The van der Waals surface area contributed by atoms with Gasteiger partial charge in [0.05, 0.1) is 17.2 Å². The maximum absolute atomic E-state index is 13.1. The summed E-state index contributed by atoms with van der Waals surface area (Å²) in [6.07, 6.45) is -8.70. The Bertz CT molecular complexity index is 1190. The van der Waals surface area contributed by atoms with Crippen molar-refractivity contribution in [2.45, 2.75) is 31.2 Å². The van der Waals surface area contributed by atoms with Crippen LogP contribution in [0.15, 0.2) is 52.1 Å². The van der Waals surface area contributed by atoms with Crippen LogP contribution >= 0.6 is 0 Å². The molecular weight excluding hydrogens is 426 g/mol. The Morgan fingerprint density at radius 2 is 1.39 bits per heavy atom. The third-order valence-electron chi connectivity index (χ3n) is 5.22. The van der Waals surface area contributed by atoms with Gasteiger partial charge in [0.1, 0.15) is 11.4 Å². The number of hydrogen-bond acceptors (Lipinski definition) is 4. The van der Waals surface area contributed by atoms with Gasteiger partial charge in [-0.3, -0.25) is 9.59 Å². The first-order valence-corrected chi connectivity index (χ1v) is 9.19. The second-order valence-electron chi connectivity index (χ2n) is 7.26. The zero-order valence-corrected chi connectivity index (χ0v) is 15.6.